The fourth-order valence-corrected chi connectivity index (χ4v) is 1.15. The second kappa shape index (κ2) is 3.41. The van der Waals surface area contributed by atoms with Crippen LogP contribution in [0.1, 0.15) is 16.1 Å². The molecule has 0 radical (unpaired) electrons. The fraction of sp³-hybridized carbons (Fsp3) is 0.100. The monoisotopic (exact) mass is 187 g/mol. The first-order valence-electron chi connectivity index (χ1n) is 4.24. The van der Waals surface area contributed by atoms with Gasteiger partial charge in [0.15, 0.2) is 0 Å². The summed E-state index contributed by atoms with van der Waals surface area (Å²) in [6.07, 6.45) is 4.82. The van der Waals surface area contributed by atoms with Gasteiger partial charge in [-0.25, -0.2) is 4.68 Å². The lowest BCUT2D eigenvalue weighted by atomic mass is 10.2. The third-order valence-corrected chi connectivity index (χ3v) is 1.86. The molecule has 0 amide bonds. The smallest absolute Gasteiger partial charge is 0.267 e. The molecule has 4 heteroatoms. The predicted molar refractivity (Wildman–Crippen MR) is 50.9 cm³/mol. The van der Waals surface area contributed by atoms with Crippen molar-refractivity contribution in [2.24, 2.45) is 0 Å². The first-order valence-corrected chi connectivity index (χ1v) is 4.24. The first kappa shape index (κ1) is 8.62. The molecule has 0 spiro atoms. The topological polar surface area (TPSA) is 47.8 Å². The van der Waals surface area contributed by atoms with Crippen LogP contribution in [0.2, 0.25) is 0 Å². The largest absolute Gasteiger partial charge is 0.278 e. The molecule has 0 aliphatic carbocycles. The van der Waals surface area contributed by atoms with Gasteiger partial charge in [0.25, 0.3) is 5.91 Å². The summed E-state index contributed by atoms with van der Waals surface area (Å²) in [5, 5.41) is 4.03. The number of hydrogen-bond donors (Lipinski definition) is 0. The van der Waals surface area contributed by atoms with Crippen molar-refractivity contribution < 1.29 is 4.79 Å². The second-order valence-corrected chi connectivity index (χ2v) is 2.94. The van der Waals surface area contributed by atoms with E-state index in [9.17, 15) is 4.79 Å². The summed E-state index contributed by atoms with van der Waals surface area (Å²) in [6.45, 7) is 1.84. The summed E-state index contributed by atoms with van der Waals surface area (Å²) in [6, 6.07) is 5.12. The standard InChI is InChI=1S/C10H9N3O/c1-8-4-7-13(12-8)10(14)9-2-5-11-6-3-9/h2-7H,1H3. The van der Waals surface area contributed by atoms with Gasteiger partial charge in [0.2, 0.25) is 0 Å². The third kappa shape index (κ3) is 1.54. The van der Waals surface area contributed by atoms with E-state index in [1.165, 1.54) is 4.68 Å². The number of nitrogens with zero attached hydrogens (tertiary/aromatic N) is 3. The van der Waals surface area contributed by atoms with Gasteiger partial charge in [-0.05, 0) is 25.1 Å². The van der Waals surface area contributed by atoms with Gasteiger partial charge in [-0.1, -0.05) is 0 Å². The Labute approximate surface area is 81.2 Å². The molecule has 0 bridgehead atoms. The Balaban J connectivity index is 2.34. The maximum Gasteiger partial charge on any atom is 0.278 e. The van der Waals surface area contributed by atoms with Gasteiger partial charge in [0, 0.05) is 24.2 Å². The molecule has 4 nitrogen and oxygen atoms in total. The van der Waals surface area contributed by atoms with Gasteiger partial charge in [-0.15, -0.1) is 0 Å². The van der Waals surface area contributed by atoms with Gasteiger partial charge in [0.1, 0.15) is 0 Å². The molecular formula is C10H9N3O. The molecule has 0 aliphatic heterocycles. The van der Waals surface area contributed by atoms with Crippen LogP contribution in [0, 0.1) is 6.92 Å². The summed E-state index contributed by atoms with van der Waals surface area (Å²) < 4.78 is 1.32. The highest BCUT2D eigenvalue weighted by molar-refractivity contribution is 5.95. The summed E-state index contributed by atoms with van der Waals surface area (Å²) in [4.78, 5) is 15.6. The fourth-order valence-electron chi connectivity index (χ4n) is 1.15. The van der Waals surface area contributed by atoms with Crippen LogP contribution in [-0.4, -0.2) is 20.7 Å². The van der Waals surface area contributed by atoms with Crippen molar-refractivity contribution >= 4 is 5.91 Å². The maximum absolute atomic E-state index is 11.7. The van der Waals surface area contributed by atoms with Crippen molar-refractivity contribution in [3.63, 3.8) is 0 Å². The van der Waals surface area contributed by atoms with Crippen molar-refractivity contribution in [1.82, 2.24) is 14.8 Å². The first-order chi connectivity index (χ1) is 6.77. The molecule has 70 valence electrons. The molecule has 0 saturated carbocycles. The van der Waals surface area contributed by atoms with Crippen LogP contribution in [0.15, 0.2) is 36.8 Å². The van der Waals surface area contributed by atoms with Crippen LogP contribution in [0.5, 0.6) is 0 Å². The number of carbonyl (C=O) groups is 1. The Bertz CT molecular complexity index is 447. The molecule has 0 N–H and O–H groups in total. The van der Waals surface area contributed by atoms with Gasteiger partial charge in [-0.2, -0.15) is 5.10 Å². The van der Waals surface area contributed by atoms with Crippen LogP contribution >= 0.6 is 0 Å². The van der Waals surface area contributed by atoms with Crippen LogP contribution in [0.3, 0.4) is 0 Å². The lowest BCUT2D eigenvalue weighted by molar-refractivity contribution is 0.0944. The van der Waals surface area contributed by atoms with Crippen molar-refractivity contribution in [3.05, 3.63) is 48.0 Å². The lowest BCUT2D eigenvalue weighted by Gasteiger charge is -1.98. The number of hydrogen-bond acceptors (Lipinski definition) is 3. The van der Waals surface area contributed by atoms with E-state index in [-0.39, 0.29) is 5.91 Å². The van der Waals surface area contributed by atoms with E-state index in [2.05, 4.69) is 10.1 Å². The quantitative estimate of drug-likeness (QED) is 0.675. The van der Waals surface area contributed by atoms with Crippen LogP contribution in [0.4, 0.5) is 0 Å². The SMILES string of the molecule is Cc1ccn(C(=O)c2ccncc2)n1. The van der Waals surface area contributed by atoms with Gasteiger partial charge in [-0.3, -0.25) is 9.78 Å². The Hall–Kier alpha value is -1.97. The number of pyridine rings is 1. The minimum Gasteiger partial charge on any atom is -0.267 e. The molecule has 0 aliphatic rings. The van der Waals surface area contributed by atoms with E-state index in [0.29, 0.717) is 5.56 Å². The minimum absolute atomic E-state index is 0.138. The minimum atomic E-state index is -0.138. The van der Waals surface area contributed by atoms with E-state index in [1.54, 1.807) is 36.8 Å². The predicted octanol–water partition coefficient (Wildman–Crippen LogP) is 1.28. The summed E-state index contributed by atoms with van der Waals surface area (Å²) in [5.74, 6) is -0.138. The molecule has 0 atom stereocenters. The van der Waals surface area contributed by atoms with Crippen LogP contribution in [-0.2, 0) is 0 Å². The molecule has 2 aromatic rings. The average molecular weight is 187 g/mol. The van der Waals surface area contributed by atoms with E-state index in [0.717, 1.165) is 5.69 Å². The van der Waals surface area contributed by atoms with Gasteiger partial charge in [0.05, 0.1) is 5.69 Å². The zero-order chi connectivity index (χ0) is 9.97. The summed E-state index contributed by atoms with van der Waals surface area (Å²) >= 11 is 0. The molecule has 2 heterocycles. The number of aromatic nitrogens is 3. The highest BCUT2D eigenvalue weighted by Crippen LogP contribution is 2.01. The van der Waals surface area contributed by atoms with Crippen LogP contribution < -0.4 is 0 Å². The van der Waals surface area contributed by atoms with Crippen molar-refractivity contribution in [1.29, 1.82) is 0 Å². The average Bonchev–Trinajstić information content (AvgIpc) is 2.65. The normalized spacial score (nSPS) is 10.1. The van der Waals surface area contributed by atoms with E-state index < -0.39 is 0 Å². The molecule has 2 aromatic heterocycles. The summed E-state index contributed by atoms with van der Waals surface area (Å²) in [5.41, 5.74) is 1.41. The van der Waals surface area contributed by atoms with Gasteiger partial charge >= 0.3 is 0 Å². The Morgan fingerprint density at radius 1 is 1.29 bits per heavy atom. The third-order valence-electron chi connectivity index (χ3n) is 1.86. The van der Waals surface area contributed by atoms with E-state index >= 15 is 0 Å². The number of carbonyl (C=O) groups excluding carboxylic acids is 1. The molecule has 0 saturated heterocycles. The number of rotatable bonds is 1. The Kier molecular flexibility index (Phi) is 2.10. The zero-order valence-electron chi connectivity index (χ0n) is 7.71. The maximum atomic E-state index is 11.7. The highest BCUT2D eigenvalue weighted by atomic mass is 16.2. The molecular weight excluding hydrogens is 178 g/mol. The second-order valence-electron chi connectivity index (χ2n) is 2.94. The van der Waals surface area contributed by atoms with Crippen molar-refractivity contribution in [2.75, 3.05) is 0 Å². The Morgan fingerprint density at radius 3 is 2.57 bits per heavy atom. The molecule has 2 rings (SSSR count). The van der Waals surface area contributed by atoms with E-state index in [4.69, 9.17) is 0 Å². The molecule has 14 heavy (non-hydrogen) atoms. The van der Waals surface area contributed by atoms with Crippen molar-refractivity contribution in [3.8, 4) is 0 Å². The molecule has 0 aromatic carbocycles. The van der Waals surface area contributed by atoms with E-state index in [1.807, 2.05) is 6.92 Å². The molecule has 0 unspecified atom stereocenters. The summed E-state index contributed by atoms with van der Waals surface area (Å²) in [7, 11) is 0. The Morgan fingerprint density at radius 2 is 2.00 bits per heavy atom. The highest BCUT2D eigenvalue weighted by Gasteiger charge is 2.07. The lowest BCUT2D eigenvalue weighted by Crippen LogP contribution is -2.12. The molecule has 0 fully saturated rings. The number of aryl methyl sites for hydroxylation is 1. The van der Waals surface area contributed by atoms with Crippen LogP contribution in [0.25, 0.3) is 0 Å². The zero-order valence-corrected chi connectivity index (χ0v) is 7.71. The van der Waals surface area contributed by atoms with Gasteiger partial charge < -0.3 is 0 Å². The van der Waals surface area contributed by atoms with Crippen molar-refractivity contribution in [2.45, 2.75) is 6.92 Å².